The van der Waals surface area contributed by atoms with Crippen molar-refractivity contribution in [3.63, 3.8) is 0 Å². The first-order chi connectivity index (χ1) is 6.24. The molecule has 1 fully saturated rings. The van der Waals surface area contributed by atoms with Crippen LogP contribution in [-0.4, -0.2) is 12.5 Å². The summed E-state index contributed by atoms with van der Waals surface area (Å²) >= 11 is 0. The van der Waals surface area contributed by atoms with Crippen LogP contribution in [0.1, 0.15) is 33.1 Å². The molecule has 2 unspecified atom stereocenters. The van der Waals surface area contributed by atoms with Crippen molar-refractivity contribution in [1.82, 2.24) is 5.32 Å². The van der Waals surface area contributed by atoms with Crippen LogP contribution in [0.15, 0.2) is 0 Å². The van der Waals surface area contributed by atoms with Gasteiger partial charge in [0.15, 0.2) is 0 Å². The smallest absolute Gasteiger partial charge is 0.295 e. The lowest BCUT2D eigenvalue weighted by atomic mass is 9.98. The van der Waals surface area contributed by atoms with Gasteiger partial charge in [0.1, 0.15) is 0 Å². The summed E-state index contributed by atoms with van der Waals surface area (Å²) < 4.78 is 0. The molecule has 0 aromatic carbocycles. The monoisotopic (exact) mass is 179 g/mol. The summed E-state index contributed by atoms with van der Waals surface area (Å²) in [7, 11) is 0. The SMILES string of the molecule is CC#CC(=O)NCC1CCCC1C. The van der Waals surface area contributed by atoms with Crippen molar-refractivity contribution in [2.75, 3.05) is 6.54 Å². The summed E-state index contributed by atoms with van der Waals surface area (Å²) in [5.41, 5.74) is 0. The van der Waals surface area contributed by atoms with Gasteiger partial charge in [-0.1, -0.05) is 25.7 Å². The first-order valence-electron chi connectivity index (χ1n) is 4.94. The molecule has 0 saturated heterocycles. The summed E-state index contributed by atoms with van der Waals surface area (Å²) in [5.74, 6) is 6.37. The fraction of sp³-hybridized carbons (Fsp3) is 0.727. The zero-order valence-electron chi connectivity index (χ0n) is 8.39. The summed E-state index contributed by atoms with van der Waals surface area (Å²) in [6, 6.07) is 0. The molecule has 1 N–H and O–H groups in total. The van der Waals surface area contributed by atoms with Gasteiger partial charge < -0.3 is 5.32 Å². The lowest BCUT2D eigenvalue weighted by molar-refractivity contribution is -0.115. The van der Waals surface area contributed by atoms with E-state index in [1.54, 1.807) is 6.92 Å². The third-order valence-electron chi connectivity index (χ3n) is 2.80. The number of amides is 1. The summed E-state index contributed by atoms with van der Waals surface area (Å²) in [6.07, 6.45) is 3.86. The van der Waals surface area contributed by atoms with E-state index in [1.807, 2.05) is 0 Å². The number of carbonyl (C=O) groups is 1. The molecule has 0 aromatic heterocycles. The third-order valence-corrected chi connectivity index (χ3v) is 2.80. The molecule has 1 saturated carbocycles. The minimum atomic E-state index is -0.137. The Morgan fingerprint density at radius 1 is 1.54 bits per heavy atom. The van der Waals surface area contributed by atoms with Crippen LogP contribution in [0, 0.1) is 23.7 Å². The standard InChI is InChI=1S/C11H17NO/c1-3-5-11(13)12-8-10-7-4-6-9(10)2/h9-10H,4,6-8H2,1-2H3,(H,12,13). The maximum absolute atomic E-state index is 11.0. The second-order valence-corrected chi connectivity index (χ2v) is 3.75. The van der Waals surface area contributed by atoms with E-state index in [0.29, 0.717) is 5.92 Å². The fourth-order valence-corrected chi connectivity index (χ4v) is 1.91. The van der Waals surface area contributed by atoms with E-state index in [9.17, 15) is 4.79 Å². The Labute approximate surface area is 80.1 Å². The van der Waals surface area contributed by atoms with Crippen molar-refractivity contribution < 1.29 is 4.79 Å². The molecule has 1 aliphatic rings. The van der Waals surface area contributed by atoms with Crippen molar-refractivity contribution in [3.8, 4) is 11.8 Å². The van der Waals surface area contributed by atoms with Crippen molar-refractivity contribution >= 4 is 5.91 Å². The van der Waals surface area contributed by atoms with Gasteiger partial charge in [0, 0.05) is 6.54 Å². The lowest BCUT2D eigenvalue weighted by Gasteiger charge is -2.14. The molecule has 0 aromatic rings. The van der Waals surface area contributed by atoms with Gasteiger partial charge in [0.05, 0.1) is 0 Å². The number of carbonyl (C=O) groups excluding carboxylic acids is 1. The number of hydrogen-bond donors (Lipinski definition) is 1. The predicted molar refractivity (Wildman–Crippen MR) is 53.0 cm³/mol. The molecule has 0 bridgehead atoms. The van der Waals surface area contributed by atoms with Gasteiger partial charge in [-0.3, -0.25) is 4.79 Å². The molecule has 0 radical (unpaired) electrons. The Bertz CT molecular complexity index is 236. The molecule has 1 aliphatic carbocycles. The van der Waals surface area contributed by atoms with E-state index in [0.717, 1.165) is 12.5 Å². The highest BCUT2D eigenvalue weighted by atomic mass is 16.1. The van der Waals surface area contributed by atoms with Crippen molar-refractivity contribution in [2.24, 2.45) is 11.8 Å². The van der Waals surface area contributed by atoms with E-state index < -0.39 is 0 Å². The van der Waals surface area contributed by atoms with Crippen LogP contribution in [0.25, 0.3) is 0 Å². The minimum Gasteiger partial charge on any atom is -0.345 e. The van der Waals surface area contributed by atoms with Crippen molar-refractivity contribution in [1.29, 1.82) is 0 Å². The molecule has 1 amide bonds. The fourth-order valence-electron chi connectivity index (χ4n) is 1.91. The van der Waals surface area contributed by atoms with Crippen LogP contribution in [0.5, 0.6) is 0 Å². The molecule has 2 heteroatoms. The molecular formula is C11H17NO. The van der Waals surface area contributed by atoms with Gasteiger partial charge in [-0.15, -0.1) is 0 Å². The molecule has 1 rings (SSSR count). The van der Waals surface area contributed by atoms with Crippen LogP contribution in [0.4, 0.5) is 0 Å². The summed E-state index contributed by atoms with van der Waals surface area (Å²) in [4.78, 5) is 11.0. The highest BCUT2D eigenvalue weighted by Gasteiger charge is 2.23. The van der Waals surface area contributed by atoms with Crippen LogP contribution in [0.2, 0.25) is 0 Å². The Kier molecular flexibility index (Phi) is 3.82. The quantitative estimate of drug-likeness (QED) is 0.640. The topological polar surface area (TPSA) is 29.1 Å². The second-order valence-electron chi connectivity index (χ2n) is 3.75. The van der Waals surface area contributed by atoms with Crippen molar-refractivity contribution in [3.05, 3.63) is 0 Å². The highest BCUT2D eigenvalue weighted by Crippen LogP contribution is 2.30. The largest absolute Gasteiger partial charge is 0.345 e. The van der Waals surface area contributed by atoms with E-state index in [1.165, 1.54) is 19.3 Å². The van der Waals surface area contributed by atoms with Gasteiger partial charge in [0.2, 0.25) is 0 Å². The molecule has 0 aliphatic heterocycles. The maximum atomic E-state index is 11.0. The third kappa shape index (κ3) is 3.10. The molecule has 13 heavy (non-hydrogen) atoms. The predicted octanol–water partition coefficient (Wildman–Crippen LogP) is 1.56. The van der Waals surface area contributed by atoms with E-state index >= 15 is 0 Å². The van der Waals surface area contributed by atoms with Gasteiger partial charge in [-0.05, 0) is 31.1 Å². The van der Waals surface area contributed by atoms with Crippen LogP contribution in [-0.2, 0) is 4.79 Å². The number of hydrogen-bond acceptors (Lipinski definition) is 1. The van der Waals surface area contributed by atoms with Crippen LogP contribution >= 0.6 is 0 Å². The molecular weight excluding hydrogens is 162 g/mol. The van der Waals surface area contributed by atoms with Crippen LogP contribution in [0.3, 0.4) is 0 Å². The van der Waals surface area contributed by atoms with E-state index in [-0.39, 0.29) is 5.91 Å². The average Bonchev–Trinajstić information content (AvgIpc) is 2.48. The van der Waals surface area contributed by atoms with Gasteiger partial charge >= 0.3 is 0 Å². The Morgan fingerprint density at radius 2 is 2.31 bits per heavy atom. The van der Waals surface area contributed by atoms with Gasteiger partial charge in [0.25, 0.3) is 5.91 Å². The minimum absolute atomic E-state index is 0.137. The van der Waals surface area contributed by atoms with E-state index in [4.69, 9.17) is 0 Å². The lowest BCUT2D eigenvalue weighted by Crippen LogP contribution is -2.29. The molecule has 0 heterocycles. The Morgan fingerprint density at radius 3 is 2.85 bits per heavy atom. The Balaban J connectivity index is 2.24. The summed E-state index contributed by atoms with van der Waals surface area (Å²) in [6.45, 7) is 4.74. The first kappa shape index (κ1) is 10.1. The molecule has 0 spiro atoms. The summed E-state index contributed by atoms with van der Waals surface area (Å²) in [5, 5.41) is 2.84. The number of nitrogens with one attached hydrogen (secondary N) is 1. The Hall–Kier alpha value is -0.970. The molecule has 2 atom stereocenters. The zero-order chi connectivity index (χ0) is 9.68. The van der Waals surface area contributed by atoms with Crippen LogP contribution < -0.4 is 5.32 Å². The first-order valence-corrected chi connectivity index (χ1v) is 4.94. The highest BCUT2D eigenvalue weighted by molar-refractivity contribution is 5.93. The van der Waals surface area contributed by atoms with Gasteiger partial charge in [-0.25, -0.2) is 0 Å². The molecule has 72 valence electrons. The van der Waals surface area contributed by atoms with Crippen molar-refractivity contribution in [2.45, 2.75) is 33.1 Å². The average molecular weight is 179 g/mol. The maximum Gasteiger partial charge on any atom is 0.295 e. The number of rotatable bonds is 2. The van der Waals surface area contributed by atoms with Gasteiger partial charge in [-0.2, -0.15) is 0 Å². The second kappa shape index (κ2) is 4.91. The zero-order valence-corrected chi connectivity index (χ0v) is 8.39. The molecule has 2 nitrogen and oxygen atoms in total. The van der Waals surface area contributed by atoms with E-state index in [2.05, 4.69) is 24.1 Å². The normalized spacial score (nSPS) is 26.3.